The van der Waals surface area contributed by atoms with Gasteiger partial charge >= 0.3 is 0 Å². The number of aromatic nitrogens is 1. The van der Waals surface area contributed by atoms with Crippen molar-refractivity contribution in [3.8, 4) is 11.5 Å². The van der Waals surface area contributed by atoms with Crippen molar-refractivity contribution in [1.82, 2.24) is 14.8 Å². The highest BCUT2D eigenvalue weighted by Gasteiger charge is 2.34. The number of piperazine rings is 1. The van der Waals surface area contributed by atoms with Crippen LogP contribution in [-0.4, -0.2) is 64.5 Å². The summed E-state index contributed by atoms with van der Waals surface area (Å²) in [7, 11) is 1.44. The molecule has 1 aliphatic carbocycles. The minimum absolute atomic E-state index is 0.170. The molecular weight excluding hydrogens is 362 g/mol. The van der Waals surface area contributed by atoms with E-state index in [1.807, 2.05) is 6.92 Å². The quantitative estimate of drug-likeness (QED) is 0.867. The molecule has 0 radical (unpaired) electrons. The minimum atomic E-state index is -0.284. The van der Waals surface area contributed by atoms with Crippen LogP contribution in [0.5, 0.6) is 11.5 Å². The fraction of sp³-hybridized carbons (Fsp3) is 0.450. The number of oxazole rings is 1. The SMILES string of the molecule is COc1cccc(C(=O)N2CCN(C(=O)c3coc(C4CC4)n3)CC2C)c1O. The molecule has 2 aromatic rings. The summed E-state index contributed by atoms with van der Waals surface area (Å²) in [5, 5.41) is 10.3. The summed E-state index contributed by atoms with van der Waals surface area (Å²) in [6, 6.07) is 4.63. The maximum absolute atomic E-state index is 12.9. The first-order chi connectivity index (χ1) is 13.5. The van der Waals surface area contributed by atoms with Gasteiger partial charge in [0, 0.05) is 31.6 Å². The summed E-state index contributed by atoms with van der Waals surface area (Å²) in [5.74, 6) is 0.609. The van der Waals surface area contributed by atoms with Gasteiger partial charge in [0.2, 0.25) is 0 Å². The lowest BCUT2D eigenvalue weighted by atomic mass is 10.1. The van der Waals surface area contributed by atoms with Gasteiger partial charge in [-0.15, -0.1) is 0 Å². The van der Waals surface area contributed by atoms with Crippen LogP contribution in [0.15, 0.2) is 28.9 Å². The molecule has 0 spiro atoms. The fourth-order valence-corrected chi connectivity index (χ4v) is 3.52. The Morgan fingerprint density at radius 2 is 2.04 bits per heavy atom. The van der Waals surface area contributed by atoms with E-state index in [1.165, 1.54) is 13.4 Å². The molecule has 1 saturated heterocycles. The van der Waals surface area contributed by atoms with Gasteiger partial charge in [0.1, 0.15) is 6.26 Å². The number of para-hydroxylation sites is 1. The third-order valence-electron chi connectivity index (χ3n) is 5.29. The second-order valence-corrected chi connectivity index (χ2v) is 7.30. The largest absolute Gasteiger partial charge is 0.504 e. The molecule has 1 aliphatic heterocycles. The topological polar surface area (TPSA) is 96.1 Å². The molecule has 148 valence electrons. The highest BCUT2D eigenvalue weighted by molar-refractivity contribution is 5.98. The van der Waals surface area contributed by atoms with Crippen molar-refractivity contribution in [3.05, 3.63) is 41.6 Å². The lowest BCUT2D eigenvalue weighted by Gasteiger charge is -2.39. The number of phenols is 1. The van der Waals surface area contributed by atoms with Crippen LogP contribution in [0.25, 0.3) is 0 Å². The summed E-state index contributed by atoms with van der Waals surface area (Å²) in [6.45, 7) is 3.04. The van der Waals surface area contributed by atoms with Gasteiger partial charge in [-0.2, -0.15) is 0 Å². The van der Waals surface area contributed by atoms with Crippen molar-refractivity contribution >= 4 is 11.8 Å². The van der Waals surface area contributed by atoms with Crippen LogP contribution in [0.3, 0.4) is 0 Å². The van der Waals surface area contributed by atoms with E-state index in [2.05, 4.69) is 4.98 Å². The molecule has 1 atom stereocenters. The van der Waals surface area contributed by atoms with Crippen LogP contribution in [0, 0.1) is 0 Å². The molecule has 2 heterocycles. The van der Waals surface area contributed by atoms with Gasteiger partial charge in [0.05, 0.1) is 12.7 Å². The Bertz CT molecular complexity index is 905. The van der Waals surface area contributed by atoms with Crippen molar-refractivity contribution in [2.45, 2.75) is 31.7 Å². The number of phenolic OH excluding ortho intramolecular Hbond substituents is 1. The maximum Gasteiger partial charge on any atom is 0.275 e. The van der Waals surface area contributed by atoms with Crippen molar-refractivity contribution in [2.24, 2.45) is 0 Å². The van der Waals surface area contributed by atoms with Crippen molar-refractivity contribution in [3.63, 3.8) is 0 Å². The van der Waals surface area contributed by atoms with Gasteiger partial charge in [-0.05, 0) is 31.9 Å². The summed E-state index contributed by atoms with van der Waals surface area (Å²) in [4.78, 5) is 33.3. The summed E-state index contributed by atoms with van der Waals surface area (Å²) in [5.41, 5.74) is 0.510. The Hall–Kier alpha value is -3.03. The number of aromatic hydroxyl groups is 1. The number of nitrogens with zero attached hydrogens (tertiary/aromatic N) is 3. The Morgan fingerprint density at radius 3 is 2.71 bits per heavy atom. The number of ether oxygens (including phenoxy) is 1. The molecule has 2 fully saturated rings. The van der Waals surface area contributed by atoms with Gasteiger partial charge in [-0.1, -0.05) is 6.07 Å². The Kier molecular flexibility index (Phi) is 4.70. The zero-order valence-electron chi connectivity index (χ0n) is 15.9. The van der Waals surface area contributed by atoms with Crippen LogP contribution >= 0.6 is 0 Å². The molecule has 1 saturated carbocycles. The molecule has 1 N–H and O–H groups in total. The number of hydrogen-bond donors (Lipinski definition) is 1. The predicted octanol–water partition coefficient (Wildman–Crippen LogP) is 2.25. The van der Waals surface area contributed by atoms with E-state index in [4.69, 9.17) is 9.15 Å². The Morgan fingerprint density at radius 1 is 1.25 bits per heavy atom. The molecule has 1 unspecified atom stereocenters. The monoisotopic (exact) mass is 385 g/mol. The van der Waals surface area contributed by atoms with Gasteiger partial charge in [-0.25, -0.2) is 4.98 Å². The zero-order valence-corrected chi connectivity index (χ0v) is 15.9. The van der Waals surface area contributed by atoms with E-state index < -0.39 is 0 Å². The predicted molar refractivity (Wildman–Crippen MR) is 99.5 cm³/mol. The van der Waals surface area contributed by atoms with E-state index in [0.717, 1.165) is 12.8 Å². The third kappa shape index (κ3) is 3.30. The molecule has 2 aliphatic rings. The van der Waals surface area contributed by atoms with E-state index in [-0.39, 0.29) is 34.9 Å². The maximum atomic E-state index is 12.9. The molecule has 2 amide bonds. The number of amides is 2. The average molecular weight is 385 g/mol. The molecule has 28 heavy (non-hydrogen) atoms. The Balaban J connectivity index is 1.44. The lowest BCUT2D eigenvalue weighted by molar-refractivity contribution is 0.0409. The van der Waals surface area contributed by atoms with E-state index in [9.17, 15) is 14.7 Å². The van der Waals surface area contributed by atoms with Crippen LogP contribution in [0.4, 0.5) is 0 Å². The molecular formula is C20H23N3O5. The van der Waals surface area contributed by atoms with Crippen LogP contribution in [0.1, 0.15) is 52.4 Å². The highest BCUT2D eigenvalue weighted by Crippen LogP contribution is 2.39. The first-order valence-corrected chi connectivity index (χ1v) is 9.41. The van der Waals surface area contributed by atoms with Gasteiger partial charge in [0.25, 0.3) is 11.8 Å². The third-order valence-corrected chi connectivity index (χ3v) is 5.29. The second kappa shape index (κ2) is 7.18. The fourth-order valence-electron chi connectivity index (χ4n) is 3.52. The average Bonchev–Trinajstić information content (AvgIpc) is 3.44. The first-order valence-electron chi connectivity index (χ1n) is 9.41. The first kappa shape index (κ1) is 18.3. The summed E-state index contributed by atoms with van der Waals surface area (Å²) >= 11 is 0. The van der Waals surface area contributed by atoms with Crippen LogP contribution in [0.2, 0.25) is 0 Å². The van der Waals surface area contributed by atoms with Crippen molar-refractivity contribution < 1.29 is 23.8 Å². The number of carbonyl (C=O) groups is 2. The number of carbonyl (C=O) groups excluding carboxylic acids is 2. The second-order valence-electron chi connectivity index (χ2n) is 7.30. The van der Waals surface area contributed by atoms with E-state index in [0.29, 0.717) is 37.1 Å². The molecule has 8 heteroatoms. The molecule has 0 bridgehead atoms. The smallest absolute Gasteiger partial charge is 0.275 e. The van der Waals surface area contributed by atoms with Gasteiger partial charge in [0.15, 0.2) is 23.1 Å². The minimum Gasteiger partial charge on any atom is -0.504 e. The summed E-state index contributed by atoms with van der Waals surface area (Å²) in [6.07, 6.45) is 3.54. The van der Waals surface area contributed by atoms with E-state index >= 15 is 0 Å². The highest BCUT2D eigenvalue weighted by atomic mass is 16.5. The Labute approximate surface area is 162 Å². The zero-order chi connectivity index (χ0) is 19.8. The molecule has 8 nitrogen and oxygen atoms in total. The molecule has 1 aromatic heterocycles. The standard InChI is InChI=1S/C20H23N3O5/c1-12-10-22(20(26)15-11-28-18(21-15)13-6-7-13)8-9-23(12)19(25)14-4-3-5-16(27-2)17(14)24/h3-5,11-13,24H,6-10H2,1-2H3. The lowest BCUT2D eigenvalue weighted by Crippen LogP contribution is -2.55. The number of benzene rings is 1. The van der Waals surface area contributed by atoms with Gasteiger partial charge in [-0.3, -0.25) is 9.59 Å². The number of rotatable bonds is 4. The number of hydrogen-bond acceptors (Lipinski definition) is 6. The van der Waals surface area contributed by atoms with E-state index in [1.54, 1.807) is 28.0 Å². The van der Waals surface area contributed by atoms with Crippen molar-refractivity contribution in [1.29, 1.82) is 0 Å². The summed E-state index contributed by atoms with van der Waals surface area (Å²) < 4.78 is 10.5. The molecule has 4 rings (SSSR count). The van der Waals surface area contributed by atoms with Gasteiger partial charge < -0.3 is 24.1 Å². The normalized spacial score (nSPS) is 19.6. The van der Waals surface area contributed by atoms with Crippen LogP contribution in [-0.2, 0) is 0 Å². The number of methoxy groups -OCH3 is 1. The van der Waals surface area contributed by atoms with Crippen molar-refractivity contribution in [2.75, 3.05) is 26.7 Å². The van der Waals surface area contributed by atoms with Crippen LogP contribution < -0.4 is 4.74 Å². The molecule has 1 aromatic carbocycles.